The van der Waals surface area contributed by atoms with E-state index in [2.05, 4.69) is 0 Å². The minimum Gasteiger partial charge on any atom is -0.455 e. The van der Waals surface area contributed by atoms with Crippen molar-refractivity contribution < 1.29 is 14.3 Å². The smallest absolute Gasteiger partial charge is 0.310 e. The zero-order valence-electron chi connectivity index (χ0n) is 8.92. The van der Waals surface area contributed by atoms with Crippen molar-refractivity contribution in [2.45, 2.75) is 45.6 Å². The number of rotatable bonds is 3. The van der Waals surface area contributed by atoms with E-state index >= 15 is 0 Å². The molecule has 0 radical (unpaired) electrons. The van der Waals surface area contributed by atoms with Crippen LogP contribution in [0.5, 0.6) is 0 Å². The highest BCUT2D eigenvalue weighted by Gasteiger charge is 2.30. The Balaban J connectivity index is 2.67. The molecule has 0 saturated carbocycles. The van der Waals surface area contributed by atoms with Crippen molar-refractivity contribution in [3.05, 3.63) is 11.6 Å². The second-order valence-corrected chi connectivity index (χ2v) is 4.12. The van der Waals surface area contributed by atoms with E-state index in [1.54, 1.807) is 6.92 Å². The van der Waals surface area contributed by atoms with Crippen molar-refractivity contribution in [1.82, 2.24) is 0 Å². The summed E-state index contributed by atoms with van der Waals surface area (Å²) < 4.78 is 5.20. The zero-order valence-corrected chi connectivity index (χ0v) is 8.92. The highest BCUT2D eigenvalue weighted by atomic mass is 16.6. The summed E-state index contributed by atoms with van der Waals surface area (Å²) in [5.74, 6) is -0.0276. The molecule has 0 aliphatic carbocycles. The fourth-order valence-corrected chi connectivity index (χ4v) is 1.56. The minimum atomic E-state index is -0.537. The van der Waals surface area contributed by atoms with E-state index in [0.717, 1.165) is 5.57 Å². The van der Waals surface area contributed by atoms with Gasteiger partial charge in [-0.1, -0.05) is 6.08 Å². The first kappa shape index (κ1) is 11.0. The summed E-state index contributed by atoms with van der Waals surface area (Å²) in [6.45, 7) is 5.29. The van der Waals surface area contributed by atoms with Crippen LogP contribution in [-0.4, -0.2) is 17.4 Å². The minimum absolute atomic E-state index is 0.165. The van der Waals surface area contributed by atoms with Gasteiger partial charge in [0.15, 0.2) is 0 Å². The molecule has 0 aromatic carbocycles. The van der Waals surface area contributed by atoms with Gasteiger partial charge in [0.25, 0.3) is 0 Å². The molecule has 1 heterocycles. The van der Waals surface area contributed by atoms with Gasteiger partial charge in [0.05, 0.1) is 6.42 Å². The van der Waals surface area contributed by atoms with Crippen LogP contribution in [0.15, 0.2) is 11.6 Å². The standard InChI is InChI=1S/C11H16O3/c1-8(12)4-5-9-6-7-10(13)14-11(9,2)3/h6H,4-5,7H2,1-3H3. The number of carbonyl (C=O) groups excluding carboxylic acids is 2. The predicted octanol–water partition coefficient (Wildman–Crippen LogP) is 2.01. The molecule has 14 heavy (non-hydrogen) atoms. The zero-order chi connectivity index (χ0) is 10.8. The Kier molecular flexibility index (Phi) is 3.09. The third kappa shape index (κ3) is 2.69. The monoisotopic (exact) mass is 196 g/mol. The molecule has 0 aromatic rings. The maximum absolute atomic E-state index is 11.0. The van der Waals surface area contributed by atoms with Crippen LogP contribution in [0.2, 0.25) is 0 Å². The second kappa shape index (κ2) is 3.95. The Bertz CT molecular complexity index is 287. The van der Waals surface area contributed by atoms with Crippen LogP contribution in [-0.2, 0) is 14.3 Å². The van der Waals surface area contributed by atoms with Crippen molar-refractivity contribution in [1.29, 1.82) is 0 Å². The lowest BCUT2D eigenvalue weighted by atomic mass is 9.90. The van der Waals surface area contributed by atoms with E-state index in [4.69, 9.17) is 4.74 Å². The van der Waals surface area contributed by atoms with Crippen LogP contribution < -0.4 is 0 Å². The molecule has 0 atom stereocenters. The van der Waals surface area contributed by atoms with Crippen molar-refractivity contribution >= 4 is 11.8 Å². The number of hydrogen-bond donors (Lipinski definition) is 0. The lowest BCUT2D eigenvalue weighted by Crippen LogP contribution is -2.33. The van der Waals surface area contributed by atoms with Gasteiger partial charge >= 0.3 is 5.97 Å². The molecule has 0 aromatic heterocycles. The van der Waals surface area contributed by atoms with Gasteiger partial charge in [-0.2, -0.15) is 0 Å². The summed E-state index contributed by atoms with van der Waals surface area (Å²) in [5.41, 5.74) is 0.512. The normalized spacial score (nSPS) is 19.9. The van der Waals surface area contributed by atoms with Gasteiger partial charge in [-0.25, -0.2) is 0 Å². The number of esters is 1. The molecule has 0 saturated heterocycles. The Labute approximate surface area is 84.1 Å². The first-order valence-electron chi connectivity index (χ1n) is 4.82. The van der Waals surface area contributed by atoms with Gasteiger partial charge < -0.3 is 9.53 Å². The van der Waals surface area contributed by atoms with Crippen LogP contribution in [0.3, 0.4) is 0 Å². The van der Waals surface area contributed by atoms with Gasteiger partial charge in [0.1, 0.15) is 11.4 Å². The molecule has 1 rings (SSSR count). The van der Waals surface area contributed by atoms with E-state index in [-0.39, 0.29) is 11.8 Å². The van der Waals surface area contributed by atoms with Gasteiger partial charge in [-0.15, -0.1) is 0 Å². The van der Waals surface area contributed by atoms with Crippen LogP contribution in [0.1, 0.15) is 40.0 Å². The van der Waals surface area contributed by atoms with Gasteiger partial charge in [0.2, 0.25) is 0 Å². The first-order chi connectivity index (χ1) is 6.42. The van der Waals surface area contributed by atoms with Gasteiger partial charge in [-0.05, 0) is 32.8 Å². The SMILES string of the molecule is CC(=O)CCC1=CCC(=O)OC1(C)C. The molecule has 78 valence electrons. The molecule has 3 nitrogen and oxygen atoms in total. The van der Waals surface area contributed by atoms with E-state index < -0.39 is 5.60 Å². The van der Waals surface area contributed by atoms with Gasteiger partial charge in [-0.3, -0.25) is 4.79 Å². The summed E-state index contributed by atoms with van der Waals surface area (Å²) in [4.78, 5) is 21.9. The summed E-state index contributed by atoms with van der Waals surface area (Å²) in [6, 6.07) is 0. The fourth-order valence-electron chi connectivity index (χ4n) is 1.56. The lowest BCUT2D eigenvalue weighted by Gasteiger charge is -2.31. The average molecular weight is 196 g/mol. The first-order valence-corrected chi connectivity index (χ1v) is 4.82. The van der Waals surface area contributed by atoms with Crippen LogP contribution in [0.25, 0.3) is 0 Å². The molecule has 1 aliphatic rings. The van der Waals surface area contributed by atoms with E-state index in [9.17, 15) is 9.59 Å². The molecular weight excluding hydrogens is 180 g/mol. The number of ketones is 1. The summed E-state index contributed by atoms with van der Waals surface area (Å²) in [5, 5.41) is 0. The molecule has 0 bridgehead atoms. The number of Topliss-reactive ketones (excluding diaryl/α,β-unsaturated/α-hetero) is 1. The fraction of sp³-hybridized carbons (Fsp3) is 0.636. The van der Waals surface area contributed by atoms with Crippen molar-refractivity contribution in [2.24, 2.45) is 0 Å². The second-order valence-electron chi connectivity index (χ2n) is 4.12. The van der Waals surface area contributed by atoms with Crippen LogP contribution in [0.4, 0.5) is 0 Å². The molecule has 0 fully saturated rings. The molecule has 1 aliphatic heterocycles. The maximum Gasteiger partial charge on any atom is 0.310 e. The van der Waals surface area contributed by atoms with Crippen molar-refractivity contribution in [2.75, 3.05) is 0 Å². The Morgan fingerprint density at radius 1 is 1.57 bits per heavy atom. The molecule has 3 heteroatoms. The Morgan fingerprint density at radius 2 is 2.21 bits per heavy atom. The number of hydrogen-bond acceptors (Lipinski definition) is 3. The van der Waals surface area contributed by atoms with E-state index in [1.165, 1.54) is 0 Å². The summed E-state index contributed by atoms with van der Waals surface area (Å²) in [6.07, 6.45) is 3.42. The van der Waals surface area contributed by atoms with E-state index in [0.29, 0.717) is 19.3 Å². The largest absolute Gasteiger partial charge is 0.455 e. The number of carbonyl (C=O) groups is 2. The molecule has 0 N–H and O–H groups in total. The lowest BCUT2D eigenvalue weighted by molar-refractivity contribution is -0.154. The highest BCUT2D eigenvalue weighted by Crippen LogP contribution is 2.29. The highest BCUT2D eigenvalue weighted by molar-refractivity contribution is 5.76. The third-order valence-corrected chi connectivity index (χ3v) is 2.40. The summed E-state index contributed by atoms with van der Waals surface area (Å²) >= 11 is 0. The molecule has 0 amide bonds. The molecule has 0 spiro atoms. The third-order valence-electron chi connectivity index (χ3n) is 2.40. The van der Waals surface area contributed by atoms with Gasteiger partial charge in [0, 0.05) is 6.42 Å². The quantitative estimate of drug-likeness (QED) is 0.512. The topological polar surface area (TPSA) is 43.4 Å². The number of cyclic esters (lactones) is 1. The number of ether oxygens (including phenoxy) is 1. The van der Waals surface area contributed by atoms with Crippen LogP contribution >= 0.6 is 0 Å². The van der Waals surface area contributed by atoms with Crippen molar-refractivity contribution in [3.8, 4) is 0 Å². The Hall–Kier alpha value is -1.12. The molecular formula is C11H16O3. The van der Waals surface area contributed by atoms with Crippen LogP contribution in [0, 0.1) is 0 Å². The summed E-state index contributed by atoms with van der Waals surface area (Å²) in [7, 11) is 0. The Morgan fingerprint density at radius 3 is 2.71 bits per heavy atom. The average Bonchev–Trinajstić information content (AvgIpc) is 2.00. The van der Waals surface area contributed by atoms with Crippen molar-refractivity contribution in [3.63, 3.8) is 0 Å². The van der Waals surface area contributed by atoms with E-state index in [1.807, 2.05) is 19.9 Å². The predicted molar refractivity (Wildman–Crippen MR) is 52.8 cm³/mol. The molecule has 0 unspecified atom stereocenters. The maximum atomic E-state index is 11.0.